The van der Waals surface area contributed by atoms with Crippen LogP contribution in [0.1, 0.15) is 26.7 Å². The van der Waals surface area contributed by atoms with Crippen molar-refractivity contribution in [3.63, 3.8) is 0 Å². The van der Waals surface area contributed by atoms with Gasteiger partial charge in [-0.3, -0.25) is 0 Å². The van der Waals surface area contributed by atoms with E-state index in [1.165, 1.54) is 18.4 Å². The lowest BCUT2D eigenvalue weighted by Gasteiger charge is -2.56. The molecule has 0 amide bonds. The summed E-state index contributed by atoms with van der Waals surface area (Å²) in [4.78, 5) is 0. The first-order valence-electron chi connectivity index (χ1n) is 4.41. The Kier molecular flexibility index (Phi) is 1.57. The first-order chi connectivity index (χ1) is 5.16. The largest absolute Gasteiger partial charge is 0.122 e. The van der Waals surface area contributed by atoms with E-state index >= 15 is 0 Å². The van der Waals surface area contributed by atoms with Crippen LogP contribution in [0.4, 0.5) is 0 Å². The van der Waals surface area contributed by atoms with E-state index in [1.807, 2.05) is 0 Å². The van der Waals surface area contributed by atoms with E-state index in [0.29, 0.717) is 5.41 Å². The molecule has 62 valence electrons. The van der Waals surface area contributed by atoms with Crippen molar-refractivity contribution in [3.8, 4) is 0 Å². The van der Waals surface area contributed by atoms with Crippen molar-refractivity contribution >= 4 is 11.6 Å². The fourth-order valence-corrected chi connectivity index (χ4v) is 2.92. The van der Waals surface area contributed by atoms with Gasteiger partial charge in [-0.2, -0.15) is 0 Å². The molecule has 0 aromatic heterocycles. The summed E-state index contributed by atoms with van der Waals surface area (Å²) in [5, 5.41) is 0. The smallest absolute Gasteiger partial charge is 0.0436 e. The molecule has 1 saturated carbocycles. The van der Waals surface area contributed by atoms with Crippen LogP contribution in [-0.4, -0.2) is 5.88 Å². The van der Waals surface area contributed by atoms with Gasteiger partial charge < -0.3 is 0 Å². The van der Waals surface area contributed by atoms with E-state index in [-0.39, 0.29) is 0 Å². The summed E-state index contributed by atoms with van der Waals surface area (Å²) in [7, 11) is 0. The van der Waals surface area contributed by atoms with Crippen LogP contribution in [-0.2, 0) is 0 Å². The second-order valence-electron chi connectivity index (χ2n) is 4.45. The van der Waals surface area contributed by atoms with Gasteiger partial charge in [0.25, 0.3) is 0 Å². The van der Waals surface area contributed by atoms with Gasteiger partial charge >= 0.3 is 0 Å². The summed E-state index contributed by atoms with van der Waals surface area (Å²) in [6.07, 6.45) is 5.02. The van der Waals surface area contributed by atoms with Crippen LogP contribution in [0.3, 0.4) is 0 Å². The van der Waals surface area contributed by atoms with Gasteiger partial charge in [0.2, 0.25) is 0 Å². The maximum atomic E-state index is 5.86. The molecule has 0 heterocycles. The molecule has 0 aromatic rings. The average Bonchev–Trinajstić information content (AvgIpc) is 2.04. The van der Waals surface area contributed by atoms with Crippen molar-refractivity contribution in [2.75, 3.05) is 5.88 Å². The molecular formula is C10H15Cl. The Morgan fingerprint density at radius 1 is 1.64 bits per heavy atom. The highest BCUT2D eigenvalue weighted by atomic mass is 35.5. The second-order valence-corrected chi connectivity index (χ2v) is 4.72. The molecular weight excluding hydrogens is 156 g/mol. The van der Waals surface area contributed by atoms with E-state index < -0.39 is 0 Å². The quantitative estimate of drug-likeness (QED) is 0.419. The molecule has 2 bridgehead atoms. The lowest BCUT2D eigenvalue weighted by atomic mass is 9.49. The van der Waals surface area contributed by atoms with Gasteiger partial charge in [0.15, 0.2) is 0 Å². The van der Waals surface area contributed by atoms with Crippen LogP contribution >= 0.6 is 11.6 Å². The van der Waals surface area contributed by atoms with Crippen molar-refractivity contribution in [3.05, 3.63) is 11.6 Å². The first-order valence-corrected chi connectivity index (χ1v) is 4.94. The molecule has 2 unspecified atom stereocenters. The lowest BCUT2D eigenvalue weighted by molar-refractivity contribution is -0.00548. The van der Waals surface area contributed by atoms with Crippen LogP contribution in [0.25, 0.3) is 0 Å². The average molecular weight is 171 g/mol. The van der Waals surface area contributed by atoms with Crippen LogP contribution in [0.15, 0.2) is 11.6 Å². The Bertz CT molecular complexity index is 203. The Hall–Kier alpha value is 0.0300. The van der Waals surface area contributed by atoms with E-state index in [2.05, 4.69) is 19.9 Å². The number of allylic oxidation sites excluding steroid dienone is 2. The zero-order valence-electron chi connectivity index (χ0n) is 7.23. The van der Waals surface area contributed by atoms with Crippen LogP contribution in [0.2, 0.25) is 0 Å². The maximum absolute atomic E-state index is 5.86. The molecule has 0 saturated heterocycles. The second kappa shape index (κ2) is 2.26. The van der Waals surface area contributed by atoms with Gasteiger partial charge in [0.1, 0.15) is 0 Å². The van der Waals surface area contributed by atoms with Crippen LogP contribution in [0.5, 0.6) is 0 Å². The van der Waals surface area contributed by atoms with Crippen LogP contribution in [0, 0.1) is 17.3 Å². The molecule has 0 aliphatic heterocycles. The standard InChI is InChI=1S/C10H15Cl/c1-10(2)8-4-3-7(6-11)9(10)5-8/h3,8-9H,4-6H2,1-2H3. The molecule has 2 atom stereocenters. The number of hydrogen-bond donors (Lipinski definition) is 0. The predicted octanol–water partition coefficient (Wildman–Crippen LogP) is 3.22. The topological polar surface area (TPSA) is 0 Å². The molecule has 1 heteroatoms. The highest BCUT2D eigenvalue weighted by molar-refractivity contribution is 6.19. The Labute approximate surface area is 73.6 Å². The third kappa shape index (κ3) is 0.885. The molecule has 3 aliphatic rings. The molecule has 3 rings (SSSR count). The summed E-state index contributed by atoms with van der Waals surface area (Å²) in [6, 6.07) is 0. The third-order valence-corrected chi connectivity index (χ3v) is 4.05. The van der Waals surface area contributed by atoms with Gasteiger partial charge in [-0.1, -0.05) is 25.5 Å². The molecule has 0 aromatic carbocycles. The van der Waals surface area contributed by atoms with Gasteiger partial charge in [0.05, 0.1) is 0 Å². The Morgan fingerprint density at radius 2 is 2.36 bits per heavy atom. The minimum absolute atomic E-state index is 0.555. The fourth-order valence-electron chi connectivity index (χ4n) is 2.63. The number of rotatable bonds is 1. The highest BCUT2D eigenvalue weighted by Crippen LogP contribution is 2.59. The van der Waals surface area contributed by atoms with E-state index in [9.17, 15) is 0 Å². The summed E-state index contributed by atoms with van der Waals surface area (Å²) < 4.78 is 0. The molecule has 0 radical (unpaired) electrons. The molecule has 11 heavy (non-hydrogen) atoms. The number of fused-ring (bicyclic) bond motifs is 1. The van der Waals surface area contributed by atoms with Gasteiger partial charge in [-0.25, -0.2) is 0 Å². The molecule has 3 aliphatic carbocycles. The molecule has 1 fully saturated rings. The number of alkyl halides is 1. The summed E-state index contributed by atoms with van der Waals surface area (Å²) >= 11 is 5.86. The van der Waals surface area contributed by atoms with E-state index in [0.717, 1.165) is 17.7 Å². The van der Waals surface area contributed by atoms with E-state index in [1.54, 1.807) is 0 Å². The van der Waals surface area contributed by atoms with Crippen molar-refractivity contribution in [2.24, 2.45) is 17.3 Å². The van der Waals surface area contributed by atoms with Crippen molar-refractivity contribution in [1.82, 2.24) is 0 Å². The highest BCUT2D eigenvalue weighted by Gasteiger charge is 2.50. The summed E-state index contributed by atoms with van der Waals surface area (Å²) in [5.41, 5.74) is 2.05. The fraction of sp³-hybridized carbons (Fsp3) is 0.800. The first kappa shape index (κ1) is 7.67. The van der Waals surface area contributed by atoms with Crippen molar-refractivity contribution < 1.29 is 0 Å². The van der Waals surface area contributed by atoms with E-state index in [4.69, 9.17) is 11.6 Å². The number of halogens is 1. The lowest BCUT2D eigenvalue weighted by Crippen LogP contribution is -2.48. The minimum Gasteiger partial charge on any atom is -0.122 e. The van der Waals surface area contributed by atoms with Crippen molar-refractivity contribution in [1.29, 1.82) is 0 Å². The summed E-state index contributed by atoms with van der Waals surface area (Å²) in [6.45, 7) is 4.76. The van der Waals surface area contributed by atoms with Gasteiger partial charge in [0, 0.05) is 5.88 Å². The normalized spacial score (nSPS) is 39.4. The monoisotopic (exact) mass is 170 g/mol. The summed E-state index contributed by atoms with van der Waals surface area (Å²) in [5.74, 6) is 2.50. The minimum atomic E-state index is 0.555. The molecule has 0 spiro atoms. The zero-order valence-corrected chi connectivity index (χ0v) is 7.99. The SMILES string of the molecule is CC1(C)C2CC=C(CCl)C1C2. The van der Waals surface area contributed by atoms with Crippen molar-refractivity contribution in [2.45, 2.75) is 26.7 Å². The Morgan fingerprint density at radius 3 is 2.73 bits per heavy atom. The maximum Gasteiger partial charge on any atom is 0.0436 e. The van der Waals surface area contributed by atoms with Gasteiger partial charge in [-0.15, -0.1) is 11.6 Å². The predicted molar refractivity (Wildman–Crippen MR) is 48.8 cm³/mol. The number of hydrogen-bond acceptors (Lipinski definition) is 0. The molecule has 0 N–H and O–H groups in total. The third-order valence-electron chi connectivity index (χ3n) is 3.74. The Balaban J connectivity index is 2.23. The zero-order chi connectivity index (χ0) is 8.06. The van der Waals surface area contributed by atoms with Gasteiger partial charge in [-0.05, 0) is 30.1 Å². The molecule has 0 nitrogen and oxygen atoms in total. The van der Waals surface area contributed by atoms with Crippen LogP contribution < -0.4 is 0 Å².